The molecule has 2 heterocycles. The molecule has 38 heavy (non-hydrogen) atoms. The summed E-state index contributed by atoms with van der Waals surface area (Å²) in [5, 5.41) is 16.3. The van der Waals surface area contributed by atoms with Crippen molar-refractivity contribution in [2.75, 3.05) is 5.32 Å². The SMILES string of the molecule is O=C(Nc1ccc(-c2ccc(C(F)(F)F)nc2)c(-c2nnn[nH]2)c1)C1(c2ccc(OC(F)(F)F)cc2)CC1. The molecule has 2 aromatic heterocycles. The minimum absolute atomic E-state index is 0.206. The molecule has 2 aromatic carbocycles. The second kappa shape index (κ2) is 9.11. The van der Waals surface area contributed by atoms with Gasteiger partial charge >= 0.3 is 12.5 Å². The molecule has 1 aliphatic rings. The standard InChI is InChI=1S/C24H16F6N6O2/c25-23(26,27)19-8-1-13(12-31-19)17-7-4-15(11-18(17)20-33-35-36-34-20)32-21(37)22(9-10-22)14-2-5-16(6-3-14)38-24(28,29)30/h1-8,11-12H,9-10H2,(H,32,37)(H,33,34,35,36). The second-order valence-electron chi connectivity index (χ2n) is 8.55. The van der Waals surface area contributed by atoms with Crippen molar-refractivity contribution < 1.29 is 35.9 Å². The number of carbonyl (C=O) groups excluding carboxylic acids is 1. The third-order valence-corrected chi connectivity index (χ3v) is 6.07. The molecule has 1 aliphatic carbocycles. The van der Waals surface area contributed by atoms with Gasteiger partial charge in [-0.15, -0.1) is 18.3 Å². The van der Waals surface area contributed by atoms with Crippen LogP contribution in [0.3, 0.4) is 0 Å². The highest BCUT2D eigenvalue weighted by molar-refractivity contribution is 6.02. The van der Waals surface area contributed by atoms with Crippen molar-refractivity contribution in [2.45, 2.75) is 30.8 Å². The van der Waals surface area contributed by atoms with E-state index >= 15 is 0 Å². The molecule has 1 amide bonds. The summed E-state index contributed by atoms with van der Waals surface area (Å²) in [4.78, 5) is 16.7. The molecule has 0 aliphatic heterocycles. The highest BCUT2D eigenvalue weighted by Crippen LogP contribution is 2.49. The van der Waals surface area contributed by atoms with Crippen molar-refractivity contribution in [3.63, 3.8) is 0 Å². The van der Waals surface area contributed by atoms with Gasteiger partial charge in [-0.1, -0.05) is 24.3 Å². The van der Waals surface area contributed by atoms with E-state index in [1.54, 1.807) is 18.2 Å². The molecule has 196 valence electrons. The number of nitrogens with one attached hydrogen (secondary N) is 2. The number of tetrazole rings is 1. The van der Waals surface area contributed by atoms with E-state index in [9.17, 15) is 31.1 Å². The zero-order valence-electron chi connectivity index (χ0n) is 19.1. The maximum atomic E-state index is 13.2. The molecule has 0 saturated heterocycles. The van der Waals surface area contributed by atoms with Gasteiger partial charge in [0.05, 0.1) is 5.41 Å². The highest BCUT2D eigenvalue weighted by Gasteiger charge is 2.51. The summed E-state index contributed by atoms with van der Waals surface area (Å²) in [6, 6.07) is 12.0. The quantitative estimate of drug-likeness (QED) is 0.316. The Kier molecular flexibility index (Phi) is 6.04. The van der Waals surface area contributed by atoms with Crippen molar-refractivity contribution in [3.8, 4) is 28.3 Å². The van der Waals surface area contributed by atoms with Gasteiger partial charge in [0.1, 0.15) is 11.4 Å². The summed E-state index contributed by atoms with van der Waals surface area (Å²) >= 11 is 0. The maximum absolute atomic E-state index is 13.2. The van der Waals surface area contributed by atoms with Crippen molar-refractivity contribution in [2.24, 2.45) is 0 Å². The normalized spacial score (nSPS) is 14.7. The molecule has 0 spiro atoms. The second-order valence-corrected chi connectivity index (χ2v) is 8.55. The number of nitrogens with zero attached hydrogens (tertiary/aromatic N) is 4. The van der Waals surface area contributed by atoms with Gasteiger partial charge in [0, 0.05) is 23.0 Å². The summed E-state index contributed by atoms with van der Waals surface area (Å²) in [6.07, 6.45) is -7.35. The molecular formula is C24H16F6N6O2. The van der Waals surface area contributed by atoms with Gasteiger partial charge in [-0.25, -0.2) is 5.10 Å². The van der Waals surface area contributed by atoms with Gasteiger partial charge in [0.2, 0.25) is 5.91 Å². The first-order chi connectivity index (χ1) is 17.9. The number of hydrogen-bond donors (Lipinski definition) is 2. The highest BCUT2D eigenvalue weighted by atomic mass is 19.4. The van der Waals surface area contributed by atoms with E-state index in [0.717, 1.165) is 24.4 Å². The van der Waals surface area contributed by atoms with Crippen LogP contribution >= 0.6 is 0 Å². The minimum atomic E-state index is -4.82. The fraction of sp³-hybridized carbons (Fsp3) is 0.208. The number of alkyl halides is 6. The van der Waals surface area contributed by atoms with E-state index in [1.165, 1.54) is 18.2 Å². The van der Waals surface area contributed by atoms with Crippen molar-refractivity contribution in [1.29, 1.82) is 0 Å². The first-order valence-electron chi connectivity index (χ1n) is 11.0. The molecule has 0 unspecified atom stereocenters. The van der Waals surface area contributed by atoms with Crippen molar-refractivity contribution in [1.82, 2.24) is 25.6 Å². The van der Waals surface area contributed by atoms with E-state index < -0.39 is 29.4 Å². The fourth-order valence-electron chi connectivity index (χ4n) is 4.06. The van der Waals surface area contributed by atoms with Crippen LogP contribution in [0.25, 0.3) is 22.5 Å². The van der Waals surface area contributed by atoms with Crippen LogP contribution in [0.5, 0.6) is 5.75 Å². The summed E-state index contributed by atoms with van der Waals surface area (Å²) in [5.74, 6) is -0.555. The monoisotopic (exact) mass is 534 g/mol. The predicted molar refractivity (Wildman–Crippen MR) is 121 cm³/mol. The van der Waals surface area contributed by atoms with Crippen LogP contribution in [0.15, 0.2) is 60.8 Å². The van der Waals surface area contributed by atoms with Crippen LogP contribution in [-0.2, 0) is 16.4 Å². The summed E-state index contributed by atoms with van der Waals surface area (Å²) < 4.78 is 80.0. The molecule has 1 saturated carbocycles. The number of rotatable bonds is 6. The average Bonchev–Trinajstić information content (AvgIpc) is 3.49. The van der Waals surface area contributed by atoms with Gasteiger partial charge in [-0.05, 0) is 64.7 Å². The zero-order chi connectivity index (χ0) is 27.1. The number of aromatic amines is 1. The molecule has 0 atom stereocenters. The molecule has 8 nitrogen and oxygen atoms in total. The lowest BCUT2D eigenvalue weighted by atomic mass is 9.94. The van der Waals surface area contributed by atoms with Crippen LogP contribution in [-0.4, -0.2) is 37.9 Å². The number of hydrogen-bond acceptors (Lipinski definition) is 6. The first-order valence-corrected chi connectivity index (χ1v) is 11.0. The number of ether oxygens (including phenoxy) is 1. The van der Waals surface area contributed by atoms with E-state index in [1.807, 2.05) is 0 Å². The predicted octanol–water partition coefficient (Wildman–Crippen LogP) is 5.52. The Labute approximate surface area is 210 Å². The number of anilines is 1. The Balaban J connectivity index is 1.40. The molecule has 0 radical (unpaired) electrons. The molecule has 4 aromatic rings. The summed E-state index contributed by atoms with van der Waals surface area (Å²) in [6.45, 7) is 0. The lowest BCUT2D eigenvalue weighted by Gasteiger charge is -2.18. The molecule has 0 bridgehead atoms. The average molecular weight is 534 g/mol. The largest absolute Gasteiger partial charge is 0.573 e. The molecule has 1 fully saturated rings. The lowest BCUT2D eigenvalue weighted by molar-refractivity contribution is -0.274. The zero-order valence-corrected chi connectivity index (χ0v) is 19.1. The van der Waals surface area contributed by atoms with Crippen LogP contribution in [0.4, 0.5) is 32.0 Å². The Bertz CT molecular complexity index is 1450. The number of H-pyrrole nitrogens is 1. The van der Waals surface area contributed by atoms with Crippen LogP contribution < -0.4 is 10.1 Å². The van der Waals surface area contributed by atoms with Gasteiger partial charge in [-0.2, -0.15) is 13.2 Å². The van der Waals surface area contributed by atoms with E-state index in [0.29, 0.717) is 40.8 Å². The Morgan fingerprint density at radius 3 is 2.24 bits per heavy atom. The number of carbonyl (C=O) groups is 1. The minimum Gasteiger partial charge on any atom is -0.406 e. The van der Waals surface area contributed by atoms with Gasteiger partial charge in [0.15, 0.2) is 5.82 Å². The van der Waals surface area contributed by atoms with Crippen LogP contribution in [0.2, 0.25) is 0 Å². The summed E-state index contributed by atoms with van der Waals surface area (Å²) in [7, 11) is 0. The van der Waals surface area contributed by atoms with Gasteiger partial charge in [-0.3, -0.25) is 9.78 Å². The van der Waals surface area contributed by atoms with E-state index in [-0.39, 0.29) is 11.7 Å². The lowest BCUT2D eigenvalue weighted by Crippen LogP contribution is -2.27. The number of pyridine rings is 1. The van der Waals surface area contributed by atoms with Gasteiger partial charge in [0.25, 0.3) is 0 Å². The fourth-order valence-corrected chi connectivity index (χ4v) is 4.06. The van der Waals surface area contributed by atoms with Crippen LogP contribution in [0.1, 0.15) is 24.1 Å². The van der Waals surface area contributed by atoms with Crippen molar-refractivity contribution in [3.05, 3.63) is 72.1 Å². The molecular weight excluding hydrogens is 518 g/mol. The smallest absolute Gasteiger partial charge is 0.406 e. The Hall–Kier alpha value is -4.49. The topological polar surface area (TPSA) is 106 Å². The number of halogens is 6. The van der Waals surface area contributed by atoms with Crippen molar-refractivity contribution >= 4 is 11.6 Å². The Morgan fingerprint density at radius 1 is 0.947 bits per heavy atom. The third kappa shape index (κ3) is 5.14. The van der Waals surface area contributed by atoms with Crippen LogP contribution in [0, 0.1) is 0 Å². The van der Waals surface area contributed by atoms with E-state index in [2.05, 4.69) is 35.7 Å². The summed E-state index contributed by atoms with van der Waals surface area (Å²) in [5.41, 5.74) is 0.158. The molecule has 5 rings (SSSR count). The Morgan fingerprint density at radius 2 is 1.68 bits per heavy atom. The molecule has 14 heteroatoms. The number of benzene rings is 2. The number of aromatic nitrogens is 5. The third-order valence-electron chi connectivity index (χ3n) is 6.07. The van der Waals surface area contributed by atoms with E-state index in [4.69, 9.17) is 0 Å². The maximum Gasteiger partial charge on any atom is 0.573 e. The number of amides is 1. The first kappa shape index (κ1) is 25.2. The van der Waals surface area contributed by atoms with Gasteiger partial charge < -0.3 is 10.1 Å². The molecule has 2 N–H and O–H groups in total.